The molecule has 1 aliphatic heterocycles. The molecule has 8 heteroatoms. The molecule has 0 saturated carbocycles. The van der Waals surface area contributed by atoms with Crippen molar-refractivity contribution in [1.29, 1.82) is 0 Å². The molecule has 1 fully saturated rings. The number of hydrogen-bond acceptors (Lipinski definition) is 4. The number of guanidine groups is 1. The molecular formula is C17H27IN6O. The zero-order valence-corrected chi connectivity index (χ0v) is 17.2. The molecule has 0 aromatic carbocycles. The number of aliphatic imine (C=N–C) groups is 1. The van der Waals surface area contributed by atoms with E-state index in [4.69, 9.17) is 4.74 Å². The largest absolute Gasteiger partial charge is 0.381 e. The van der Waals surface area contributed by atoms with Gasteiger partial charge in [-0.05, 0) is 25.0 Å². The number of fused-ring (bicyclic) bond motifs is 1. The van der Waals surface area contributed by atoms with Crippen LogP contribution in [0.15, 0.2) is 29.4 Å². The number of pyridine rings is 1. The number of aromatic nitrogens is 3. The summed E-state index contributed by atoms with van der Waals surface area (Å²) in [6.07, 6.45) is 5.01. The van der Waals surface area contributed by atoms with Gasteiger partial charge in [-0.1, -0.05) is 6.07 Å². The van der Waals surface area contributed by atoms with Crippen LogP contribution in [-0.4, -0.2) is 65.9 Å². The van der Waals surface area contributed by atoms with Gasteiger partial charge in [0.25, 0.3) is 0 Å². The first-order chi connectivity index (χ1) is 11.8. The van der Waals surface area contributed by atoms with Crippen molar-refractivity contribution in [2.75, 3.05) is 40.4 Å². The van der Waals surface area contributed by atoms with Crippen LogP contribution in [0.4, 0.5) is 0 Å². The van der Waals surface area contributed by atoms with E-state index < -0.39 is 0 Å². The van der Waals surface area contributed by atoms with Crippen molar-refractivity contribution >= 4 is 35.6 Å². The van der Waals surface area contributed by atoms with E-state index in [1.54, 1.807) is 0 Å². The summed E-state index contributed by atoms with van der Waals surface area (Å²) in [4.78, 5) is 6.56. The maximum atomic E-state index is 5.44. The first kappa shape index (κ1) is 19.9. The average molecular weight is 458 g/mol. The lowest BCUT2D eigenvalue weighted by molar-refractivity contribution is 0.181. The highest BCUT2D eigenvalue weighted by molar-refractivity contribution is 14.0. The maximum Gasteiger partial charge on any atom is 0.193 e. The zero-order chi connectivity index (χ0) is 16.8. The number of ether oxygens (including phenoxy) is 1. The quantitative estimate of drug-likeness (QED) is 0.310. The van der Waals surface area contributed by atoms with Crippen LogP contribution in [-0.2, 0) is 11.2 Å². The number of hydrogen-bond donors (Lipinski definition) is 1. The highest BCUT2D eigenvalue weighted by Crippen LogP contribution is 2.13. The molecule has 3 heterocycles. The Hall–Kier alpha value is -1.42. The molecule has 0 amide bonds. The van der Waals surface area contributed by atoms with E-state index in [0.29, 0.717) is 5.92 Å². The lowest BCUT2D eigenvalue weighted by Crippen LogP contribution is -2.41. The van der Waals surface area contributed by atoms with Crippen LogP contribution in [0.1, 0.15) is 18.7 Å². The molecule has 138 valence electrons. The van der Waals surface area contributed by atoms with Crippen LogP contribution in [0.25, 0.3) is 5.65 Å². The number of nitrogens with one attached hydrogen (secondary N) is 1. The molecule has 0 spiro atoms. The molecule has 0 radical (unpaired) electrons. The highest BCUT2D eigenvalue weighted by Gasteiger charge is 2.18. The Labute approximate surface area is 165 Å². The second kappa shape index (κ2) is 9.91. The predicted octanol–water partition coefficient (Wildman–Crippen LogP) is 1.82. The second-order valence-corrected chi connectivity index (χ2v) is 6.23. The molecule has 3 rings (SSSR count). The Morgan fingerprint density at radius 2 is 2.32 bits per heavy atom. The number of rotatable bonds is 6. The van der Waals surface area contributed by atoms with Crippen molar-refractivity contribution in [2.24, 2.45) is 10.9 Å². The summed E-state index contributed by atoms with van der Waals surface area (Å²) >= 11 is 0. The van der Waals surface area contributed by atoms with Gasteiger partial charge in [-0.15, -0.1) is 34.2 Å². The minimum atomic E-state index is 0. The predicted molar refractivity (Wildman–Crippen MR) is 110 cm³/mol. The zero-order valence-electron chi connectivity index (χ0n) is 14.9. The lowest BCUT2D eigenvalue weighted by Gasteiger charge is -2.24. The summed E-state index contributed by atoms with van der Waals surface area (Å²) in [5.74, 6) is 2.54. The number of aryl methyl sites for hydroxylation is 1. The van der Waals surface area contributed by atoms with Crippen molar-refractivity contribution < 1.29 is 4.74 Å². The molecule has 0 bridgehead atoms. The molecule has 0 aliphatic carbocycles. The van der Waals surface area contributed by atoms with E-state index in [9.17, 15) is 0 Å². The SMILES string of the molecule is CN=C(NCCCc1nnc2ccccn12)N(C)CC1CCOC1.I. The van der Waals surface area contributed by atoms with Gasteiger partial charge in [0.2, 0.25) is 0 Å². The molecule has 1 saturated heterocycles. The number of halogens is 1. The molecular weight excluding hydrogens is 431 g/mol. The van der Waals surface area contributed by atoms with Crippen LogP contribution in [0.5, 0.6) is 0 Å². The van der Waals surface area contributed by atoms with E-state index >= 15 is 0 Å². The summed E-state index contributed by atoms with van der Waals surface area (Å²) in [6.45, 7) is 3.59. The van der Waals surface area contributed by atoms with E-state index in [-0.39, 0.29) is 24.0 Å². The smallest absolute Gasteiger partial charge is 0.193 e. The first-order valence-electron chi connectivity index (χ1n) is 8.56. The third kappa shape index (κ3) is 5.27. The molecule has 1 N–H and O–H groups in total. The van der Waals surface area contributed by atoms with Gasteiger partial charge in [-0.25, -0.2) is 0 Å². The van der Waals surface area contributed by atoms with Crippen molar-refractivity contribution in [3.8, 4) is 0 Å². The molecule has 25 heavy (non-hydrogen) atoms. The fourth-order valence-electron chi connectivity index (χ4n) is 3.09. The average Bonchev–Trinajstić information content (AvgIpc) is 3.25. The molecule has 1 aliphatic rings. The molecule has 7 nitrogen and oxygen atoms in total. The van der Waals surface area contributed by atoms with Gasteiger partial charge in [0.05, 0.1) is 6.61 Å². The monoisotopic (exact) mass is 458 g/mol. The van der Waals surface area contributed by atoms with Gasteiger partial charge in [0.15, 0.2) is 11.6 Å². The van der Waals surface area contributed by atoms with Gasteiger partial charge in [0, 0.05) is 52.3 Å². The first-order valence-corrected chi connectivity index (χ1v) is 8.56. The molecule has 1 atom stereocenters. The van der Waals surface area contributed by atoms with Crippen molar-refractivity contribution in [3.05, 3.63) is 30.2 Å². The van der Waals surface area contributed by atoms with Gasteiger partial charge in [-0.3, -0.25) is 9.39 Å². The molecule has 2 aromatic rings. The Morgan fingerprint density at radius 3 is 3.08 bits per heavy atom. The third-order valence-electron chi connectivity index (χ3n) is 4.37. The second-order valence-electron chi connectivity index (χ2n) is 6.23. The standard InChI is InChI=1S/C17H26N6O.HI/c1-18-17(22(2)12-14-8-11-24-13-14)19-9-5-7-16-21-20-15-6-3-4-10-23(15)16;/h3-4,6,10,14H,5,7-9,11-13H2,1-2H3,(H,18,19);1H. The molecule has 2 aromatic heterocycles. The Balaban J connectivity index is 0.00000225. The minimum Gasteiger partial charge on any atom is -0.381 e. The Bertz CT molecular complexity index is 683. The van der Waals surface area contributed by atoms with Gasteiger partial charge in [0.1, 0.15) is 5.82 Å². The van der Waals surface area contributed by atoms with Crippen LogP contribution >= 0.6 is 24.0 Å². The van der Waals surface area contributed by atoms with E-state index in [1.807, 2.05) is 35.8 Å². The van der Waals surface area contributed by atoms with Gasteiger partial charge in [-0.2, -0.15) is 0 Å². The Morgan fingerprint density at radius 1 is 1.44 bits per heavy atom. The number of nitrogens with zero attached hydrogens (tertiary/aromatic N) is 5. The Kier molecular flexibility index (Phi) is 7.89. The minimum absolute atomic E-state index is 0. The lowest BCUT2D eigenvalue weighted by atomic mass is 10.1. The fraction of sp³-hybridized carbons (Fsp3) is 0.588. The topological polar surface area (TPSA) is 67.0 Å². The normalized spacial score (nSPS) is 17.5. The van der Waals surface area contributed by atoms with Crippen LogP contribution in [0.2, 0.25) is 0 Å². The van der Waals surface area contributed by atoms with E-state index in [2.05, 4.69) is 32.5 Å². The van der Waals surface area contributed by atoms with Crippen molar-refractivity contribution in [1.82, 2.24) is 24.8 Å². The van der Waals surface area contributed by atoms with Gasteiger partial charge < -0.3 is 15.0 Å². The van der Waals surface area contributed by atoms with Crippen molar-refractivity contribution in [2.45, 2.75) is 19.3 Å². The van der Waals surface area contributed by atoms with Crippen LogP contribution in [0, 0.1) is 5.92 Å². The summed E-state index contributed by atoms with van der Waals surface area (Å²) in [6, 6.07) is 5.95. The summed E-state index contributed by atoms with van der Waals surface area (Å²) in [5.41, 5.74) is 0.898. The van der Waals surface area contributed by atoms with Gasteiger partial charge >= 0.3 is 0 Å². The summed E-state index contributed by atoms with van der Waals surface area (Å²) in [7, 11) is 3.91. The maximum absolute atomic E-state index is 5.44. The van der Waals surface area contributed by atoms with E-state index in [1.165, 1.54) is 0 Å². The van der Waals surface area contributed by atoms with E-state index in [0.717, 1.165) is 63.0 Å². The fourth-order valence-corrected chi connectivity index (χ4v) is 3.09. The summed E-state index contributed by atoms with van der Waals surface area (Å²) < 4.78 is 7.49. The summed E-state index contributed by atoms with van der Waals surface area (Å²) in [5, 5.41) is 11.9. The van der Waals surface area contributed by atoms with Crippen molar-refractivity contribution in [3.63, 3.8) is 0 Å². The molecule has 1 unspecified atom stereocenters. The highest BCUT2D eigenvalue weighted by atomic mass is 127. The van der Waals surface area contributed by atoms with Crippen LogP contribution in [0.3, 0.4) is 0 Å². The third-order valence-corrected chi connectivity index (χ3v) is 4.37. The van der Waals surface area contributed by atoms with Crippen LogP contribution < -0.4 is 5.32 Å².